The van der Waals surface area contributed by atoms with Gasteiger partial charge in [0.1, 0.15) is 11.4 Å². The van der Waals surface area contributed by atoms with Crippen molar-refractivity contribution in [2.45, 2.75) is 121 Å². The highest BCUT2D eigenvalue weighted by Crippen LogP contribution is 2.48. The molecule has 8 rings (SSSR count). The lowest BCUT2D eigenvalue weighted by atomic mass is 9.81. The van der Waals surface area contributed by atoms with Gasteiger partial charge in [0.15, 0.2) is 0 Å². The Balaban J connectivity index is 1.30. The number of nitrogens with zero attached hydrogens (tertiary/aromatic N) is 4. The lowest BCUT2D eigenvalue weighted by Gasteiger charge is -2.36. The van der Waals surface area contributed by atoms with Crippen molar-refractivity contribution in [1.29, 1.82) is 0 Å². The summed E-state index contributed by atoms with van der Waals surface area (Å²) in [6.45, 7) is 8.62. The molecule has 2 atom stereocenters. The molecule has 4 aromatic rings. The van der Waals surface area contributed by atoms with Gasteiger partial charge in [-0.3, -0.25) is 14.3 Å². The number of aromatic nitrogens is 3. The topological polar surface area (TPSA) is 125 Å². The molecule has 0 spiro atoms. The van der Waals surface area contributed by atoms with E-state index in [2.05, 4.69) is 44.2 Å². The highest BCUT2D eigenvalue weighted by molar-refractivity contribution is 7.90. The molecule has 0 radical (unpaired) electrons. The Kier molecular flexibility index (Phi) is 10.2. The van der Waals surface area contributed by atoms with Crippen LogP contribution in [0.15, 0.2) is 42.7 Å². The van der Waals surface area contributed by atoms with Crippen LogP contribution in [0, 0.1) is 0 Å². The molecule has 3 fully saturated rings. The van der Waals surface area contributed by atoms with Crippen LogP contribution in [0.4, 0.5) is 0 Å². The highest BCUT2D eigenvalue weighted by Gasteiger charge is 2.36. The van der Waals surface area contributed by atoms with E-state index in [0.29, 0.717) is 36.9 Å². The van der Waals surface area contributed by atoms with E-state index in [1.807, 2.05) is 37.2 Å². The SMILES string of the molecule is COc1ccc2c(c1)C=C(c1ncn(C3CCC3)c1C(=O)N1C[C@@H](C)O[C@@H](C)C1)Cn1c-2c(C2CCCCC2)c2ccc(CC(=O)NS(=O)(=O)C(C)C)cc21. The second-order valence-corrected chi connectivity index (χ2v) is 18.6. The summed E-state index contributed by atoms with van der Waals surface area (Å²) in [4.78, 5) is 34.9. The van der Waals surface area contributed by atoms with Crippen molar-refractivity contribution >= 4 is 44.4 Å². The summed E-state index contributed by atoms with van der Waals surface area (Å²) in [5.74, 6) is 0.519. The maximum atomic E-state index is 14.7. The molecular formula is C43H53N5O6S. The number of methoxy groups -OCH3 is 1. The summed E-state index contributed by atoms with van der Waals surface area (Å²) in [7, 11) is -2.08. The number of sulfonamides is 1. The van der Waals surface area contributed by atoms with E-state index in [4.69, 9.17) is 14.5 Å². The Morgan fingerprint density at radius 2 is 1.73 bits per heavy atom. The Labute approximate surface area is 324 Å². The van der Waals surface area contributed by atoms with Crippen molar-refractivity contribution < 1.29 is 27.5 Å². The standard InChI is InChI=1S/C43H53N5O6S/c1-26(2)55(51,52)45-38(49)19-29-14-16-36-37(18-29)47-24-32(20-31-21-34(53-5)15-17-35(31)41(47)39(36)30-10-7-6-8-11-30)40-42(48(25-44-40)33-12-9-13-33)43(50)46-22-27(3)54-28(4)23-46/h14-18,20-21,25-28,30,33H,6-13,19,22-24H2,1-5H3,(H,45,49)/t27-,28+. The predicted molar refractivity (Wildman–Crippen MR) is 215 cm³/mol. The molecule has 2 aliphatic carbocycles. The summed E-state index contributed by atoms with van der Waals surface area (Å²) in [6.07, 6.45) is 12.7. The Morgan fingerprint density at radius 3 is 2.40 bits per heavy atom. The first kappa shape index (κ1) is 37.5. The molecule has 4 heterocycles. The van der Waals surface area contributed by atoms with Crippen molar-refractivity contribution in [3.05, 3.63) is 70.8 Å². The zero-order valence-corrected chi connectivity index (χ0v) is 33.5. The van der Waals surface area contributed by atoms with Gasteiger partial charge in [-0.25, -0.2) is 13.4 Å². The van der Waals surface area contributed by atoms with E-state index in [0.717, 1.165) is 76.7 Å². The molecule has 4 aliphatic rings. The summed E-state index contributed by atoms with van der Waals surface area (Å²) >= 11 is 0. The fraction of sp³-hybridized carbons (Fsp3) is 0.512. The first-order valence-corrected chi connectivity index (χ1v) is 21.6. The van der Waals surface area contributed by atoms with Crippen LogP contribution >= 0.6 is 0 Å². The maximum Gasteiger partial charge on any atom is 0.272 e. The monoisotopic (exact) mass is 767 g/mol. The van der Waals surface area contributed by atoms with Crippen molar-refractivity contribution in [2.24, 2.45) is 0 Å². The number of amides is 2. The van der Waals surface area contributed by atoms with Gasteiger partial charge in [-0.2, -0.15) is 0 Å². The Hall–Kier alpha value is -4.42. The van der Waals surface area contributed by atoms with Crippen LogP contribution in [-0.4, -0.2) is 76.9 Å². The van der Waals surface area contributed by atoms with E-state index >= 15 is 0 Å². The van der Waals surface area contributed by atoms with Crippen molar-refractivity contribution in [2.75, 3.05) is 20.2 Å². The third-order valence-electron chi connectivity index (χ3n) is 12.1. The average Bonchev–Trinajstić information content (AvgIpc) is 3.63. The summed E-state index contributed by atoms with van der Waals surface area (Å²) in [6, 6.07) is 12.6. The largest absolute Gasteiger partial charge is 0.497 e. The minimum atomic E-state index is -3.76. The van der Waals surface area contributed by atoms with E-state index in [9.17, 15) is 18.0 Å². The number of carbonyl (C=O) groups excluding carboxylic acids is 2. The van der Waals surface area contributed by atoms with Crippen LogP contribution in [0.25, 0.3) is 33.8 Å². The van der Waals surface area contributed by atoms with Crippen LogP contribution in [0.1, 0.15) is 124 Å². The molecule has 0 unspecified atom stereocenters. The van der Waals surface area contributed by atoms with Crippen LogP contribution in [0.5, 0.6) is 5.75 Å². The number of benzene rings is 2. The fourth-order valence-corrected chi connectivity index (χ4v) is 9.71. The van der Waals surface area contributed by atoms with Gasteiger partial charge in [0.2, 0.25) is 15.9 Å². The van der Waals surface area contributed by atoms with Gasteiger partial charge in [0.05, 0.1) is 55.2 Å². The minimum Gasteiger partial charge on any atom is -0.497 e. The van der Waals surface area contributed by atoms with Gasteiger partial charge < -0.3 is 23.5 Å². The molecule has 2 aromatic heterocycles. The molecular weight excluding hydrogens is 715 g/mol. The number of rotatable bonds is 9. The number of morpholine rings is 1. The van der Waals surface area contributed by atoms with Gasteiger partial charge in [0, 0.05) is 41.2 Å². The maximum absolute atomic E-state index is 14.7. The predicted octanol–water partition coefficient (Wildman–Crippen LogP) is 7.49. The molecule has 11 nitrogen and oxygen atoms in total. The van der Waals surface area contributed by atoms with Crippen LogP contribution < -0.4 is 9.46 Å². The lowest BCUT2D eigenvalue weighted by Crippen LogP contribution is -2.49. The van der Waals surface area contributed by atoms with E-state index in [-0.39, 0.29) is 30.6 Å². The van der Waals surface area contributed by atoms with Crippen molar-refractivity contribution in [3.63, 3.8) is 0 Å². The smallest absolute Gasteiger partial charge is 0.272 e. The van der Waals surface area contributed by atoms with Crippen LogP contribution in [-0.2, 0) is 32.5 Å². The molecule has 2 aliphatic heterocycles. The van der Waals surface area contributed by atoms with Gasteiger partial charge in [0.25, 0.3) is 5.91 Å². The third-order valence-corrected chi connectivity index (χ3v) is 13.8. The minimum absolute atomic E-state index is 0.0254. The quantitative estimate of drug-likeness (QED) is 0.187. The number of hydrogen-bond acceptors (Lipinski definition) is 7. The Morgan fingerprint density at radius 1 is 0.982 bits per heavy atom. The first-order valence-electron chi connectivity index (χ1n) is 20.0. The average molecular weight is 768 g/mol. The summed E-state index contributed by atoms with van der Waals surface area (Å²) in [5, 5.41) is 0.415. The van der Waals surface area contributed by atoms with E-state index in [1.54, 1.807) is 21.0 Å². The summed E-state index contributed by atoms with van der Waals surface area (Å²) < 4.78 is 43.7. The lowest BCUT2D eigenvalue weighted by molar-refractivity contribution is -0.118. The molecule has 2 saturated carbocycles. The molecule has 2 amide bonds. The van der Waals surface area contributed by atoms with Gasteiger partial charge in [-0.15, -0.1) is 0 Å². The van der Waals surface area contributed by atoms with Gasteiger partial charge >= 0.3 is 0 Å². The second-order valence-electron chi connectivity index (χ2n) is 16.4. The molecule has 292 valence electrons. The summed E-state index contributed by atoms with van der Waals surface area (Å²) in [5.41, 5.74) is 8.45. The van der Waals surface area contributed by atoms with Crippen LogP contribution in [0.2, 0.25) is 0 Å². The number of allylic oxidation sites excluding steroid dienone is 1. The third kappa shape index (κ3) is 7.12. The zero-order valence-electron chi connectivity index (χ0n) is 32.6. The molecule has 55 heavy (non-hydrogen) atoms. The molecule has 1 saturated heterocycles. The number of imidazole rings is 1. The van der Waals surface area contributed by atoms with E-state index < -0.39 is 21.2 Å². The molecule has 1 N–H and O–H groups in total. The normalized spacial score (nSPS) is 20.8. The molecule has 0 bridgehead atoms. The van der Waals surface area contributed by atoms with Gasteiger partial charge in [-0.05, 0) is 113 Å². The zero-order chi connectivity index (χ0) is 38.6. The Bertz CT molecular complexity index is 2270. The number of fused-ring (bicyclic) bond motifs is 5. The van der Waals surface area contributed by atoms with Gasteiger partial charge in [-0.1, -0.05) is 31.4 Å². The highest BCUT2D eigenvalue weighted by atomic mass is 32.2. The number of carbonyl (C=O) groups is 2. The van der Waals surface area contributed by atoms with Crippen LogP contribution in [0.3, 0.4) is 0 Å². The fourth-order valence-electron chi connectivity index (χ4n) is 9.08. The number of hydrogen-bond donors (Lipinski definition) is 1. The van der Waals surface area contributed by atoms with Crippen molar-refractivity contribution in [3.8, 4) is 17.0 Å². The number of ether oxygens (including phenoxy) is 2. The first-order chi connectivity index (χ1) is 26.4. The number of nitrogens with one attached hydrogen (secondary N) is 1. The van der Waals surface area contributed by atoms with Crippen molar-refractivity contribution in [1.82, 2.24) is 23.7 Å². The molecule has 2 aromatic carbocycles. The van der Waals surface area contributed by atoms with E-state index in [1.165, 1.54) is 24.8 Å². The molecule has 12 heteroatoms. The second kappa shape index (κ2) is 14.9.